The first kappa shape index (κ1) is 17.0. The number of hydrogen-bond donors (Lipinski definition) is 0. The summed E-state index contributed by atoms with van der Waals surface area (Å²) in [5, 5.41) is 9.66. The van der Waals surface area contributed by atoms with Gasteiger partial charge in [0.1, 0.15) is 5.78 Å². The molecule has 1 atom stereocenters. The third kappa shape index (κ3) is 2.97. The number of Topliss-reactive ketones (excluding diaryl/α,β-unsaturated/α-hetero) is 1. The van der Waals surface area contributed by atoms with Crippen LogP contribution in [0.3, 0.4) is 0 Å². The zero-order valence-electron chi connectivity index (χ0n) is 15.2. The second-order valence-corrected chi connectivity index (χ2v) is 8.29. The Morgan fingerprint density at radius 1 is 0.962 bits per heavy atom. The first-order valence-electron chi connectivity index (χ1n) is 9.67. The molecule has 2 heteroatoms. The molecule has 3 aliphatic carbocycles. The summed E-state index contributed by atoms with van der Waals surface area (Å²) in [6.07, 6.45) is 6.27. The van der Waals surface area contributed by atoms with E-state index in [2.05, 4.69) is 42.5 Å². The Morgan fingerprint density at radius 2 is 1.54 bits per heavy atom. The Kier molecular flexibility index (Phi) is 4.41. The van der Waals surface area contributed by atoms with Crippen LogP contribution in [0.5, 0.6) is 0 Å². The maximum atomic E-state index is 13.0. The van der Waals surface area contributed by atoms with E-state index in [0.717, 1.165) is 38.5 Å². The van der Waals surface area contributed by atoms with Crippen LogP contribution in [-0.4, -0.2) is 5.78 Å². The summed E-state index contributed by atoms with van der Waals surface area (Å²) in [6, 6.07) is 23.2. The molecular formula is C24H25NO. The second kappa shape index (κ2) is 6.72. The molecule has 2 nitrogen and oxygen atoms in total. The number of fused-ring (bicyclic) bond motifs is 1. The normalized spacial score (nSPS) is 29.0. The van der Waals surface area contributed by atoms with E-state index in [1.807, 2.05) is 24.3 Å². The summed E-state index contributed by atoms with van der Waals surface area (Å²) >= 11 is 0. The van der Waals surface area contributed by atoms with Gasteiger partial charge >= 0.3 is 0 Å². The minimum atomic E-state index is -0.347. The minimum absolute atomic E-state index is 0.0819. The largest absolute Gasteiger partial charge is 0.299 e. The van der Waals surface area contributed by atoms with Crippen LogP contribution in [-0.2, 0) is 17.6 Å². The molecule has 132 valence electrons. The van der Waals surface area contributed by atoms with Crippen LogP contribution >= 0.6 is 0 Å². The summed E-state index contributed by atoms with van der Waals surface area (Å²) < 4.78 is 0. The molecule has 3 fully saturated rings. The van der Waals surface area contributed by atoms with Gasteiger partial charge in [-0.3, -0.25) is 4.79 Å². The highest BCUT2D eigenvalue weighted by Gasteiger charge is 2.68. The van der Waals surface area contributed by atoms with E-state index in [1.54, 1.807) is 0 Å². The number of carbonyl (C=O) groups is 1. The number of nitriles is 1. The molecule has 0 amide bonds. The molecule has 3 aliphatic rings. The van der Waals surface area contributed by atoms with Gasteiger partial charge in [-0.15, -0.1) is 0 Å². The van der Waals surface area contributed by atoms with Gasteiger partial charge in [0.25, 0.3) is 0 Å². The first-order valence-corrected chi connectivity index (χ1v) is 9.67. The van der Waals surface area contributed by atoms with E-state index in [0.29, 0.717) is 12.2 Å². The van der Waals surface area contributed by atoms with E-state index in [1.165, 1.54) is 11.1 Å². The van der Waals surface area contributed by atoms with Gasteiger partial charge in [-0.05, 0) is 55.1 Å². The fourth-order valence-corrected chi connectivity index (χ4v) is 5.35. The average Bonchev–Trinajstić information content (AvgIpc) is 3.17. The lowest BCUT2D eigenvalue weighted by molar-refractivity contribution is -0.137. The van der Waals surface area contributed by atoms with Crippen molar-refractivity contribution in [2.75, 3.05) is 0 Å². The molecule has 3 saturated carbocycles. The molecule has 0 spiro atoms. The highest BCUT2D eigenvalue weighted by molar-refractivity contribution is 5.88. The second-order valence-electron chi connectivity index (χ2n) is 8.29. The first-order chi connectivity index (χ1) is 12.7. The Labute approximate surface area is 155 Å². The van der Waals surface area contributed by atoms with Gasteiger partial charge in [0.05, 0.1) is 12.0 Å². The van der Waals surface area contributed by atoms with Crippen LogP contribution in [0.15, 0.2) is 60.7 Å². The predicted molar refractivity (Wildman–Crippen MR) is 102 cm³/mol. The number of nitrogens with zero attached hydrogens (tertiary/aromatic N) is 1. The number of carbonyl (C=O) groups excluding carboxylic acids is 1. The molecule has 0 aromatic heterocycles. The van der Waals surface area contributed by atoms with Crippen molar-refractivity contribution in [3.8, 4) is 6.07 Å². The fraction of sp³-hybridized carbons (Fsp3) is 0.417. The van der Waals surface area contributed by atoms with E-state index < -0.39 is 0 Å². The average molecular weight is 343 g/mol. The molecule has 5 rings (SSSR count). The summed E-state index contributed by atoms with van der Waals surface area (Å²) in [7, 11) is 0. The Hall–Kier alpha value is -2.40. The van der Waals surface area contributed by atoms with Crippen molar-refractivity contribution in [1.82, 2.24) is 0 Å². The maximum Gasteiger partial charge on any atom is 0.140 e. The SMILES string of the molecule is N#CC1CC2(CCc3ccccc3)CC1(C(=O)CCc1ccccc1)C2. The monoisotopic (exact) mass is 343 g/mol. The molecule has 0 aliphatic heterocycles. The van der Waals surface area contributed by atoms with E-state index in [9.17, 15) is 10.1 Å². The number of ketones is 1. The van der Waals surface area contributed by atoms with Crippen molar-refractivity contribution >= 4 is 5.78 Å². The Morgan fingerprint density at radius 3 is 2.12 bits per heavy atom. The minimum Gasteiger partial charge on any atom is -0.299 e. The van der Waals surface area contributed by atoms with Gasteiger partial charge in [0.15, 0.2) is 0 Å². The maximum absolute atomic E-state index is 13.0. The van der Waals surface area contributed by atoms with Crippen LogP contribution in [0.2, 0.25) is 0 Å². The van der Waals surface area contributed by atoms with Crippen molar-refractivity contribution in [3.63, 3.8) is 0 Å². The predicted octanol–water partition coefficient (Wildman–Crippen LogP) is 5.13. The van der Waals surface area contributed by atoms with Crippen molar-refractivity contribution in [3.05, 3.63) is 71.8 Å². The van der Waals surface area contributed by atoms with Gasteiger partial charge in [-0.25, -0.2) is 0 Å². The van der Waals surface area contributed by atoms with Crippen LogP contribution in [0.4, 0.5) is 0 Å². The summed E-state index contributed by atoms with van der Waals surface area (Å²) in [4.78, 5) is 13.0. The molecule has 2 bridgehead atoms. The van der Waals surface area contributed by atoms with Gasteiger partial charge < -0.3 is 0 Å². The summed E-state index contributed by atoms with van der Waals surface area (Å²) in [5.74, 6) is 0.238. The molecule has 0 radical (unpaired) electrons. The number of aryl methyl sites for hydroxylation is 2. The lowest BCUT2D eigenvalue weighted by Crippen LogP contribution is -2.45. The highest BCUT2D eigenvalue weighted by atomic mass is 16.1. The number of benzene rings is 2. The van der Waals surface area contributed by atoms with Crippen molar-refractivity contribution in [2.24, 2.45) is 16.7 Å². The van der Waals surface area contributed by atoms with Crippen LogP contribution in [0, 0.1) is 28.1 Å². The zero-order chi connectivity index (χ0) is 18.0. The van der Waals surface area contributed by atoms with Crippen molar-refractivity contribution < 1.29 is 4.79 Å². The number of hydrogen-bond acceptors (Lipinski definition) is 2. The fourth-order valence-electron chi connectivity index (χ4n) is 5.35. The molecule has 0 saturated heterocycles. The van der Waals surface area contributed by atoms with Crippen LogP contribution in [0.25, 0.3) is 0 Å². The van der Waals surface area contributed by atoms with E-state index in [-0.39, 0.29) is 16.7 Å². The Balaban J connectivity index is 1.39. The van der Waals surface area contributed by atoms with Crippen LogP contribution in [0.1, 0.15) is 43.2 Å². The number of rotatable bonds is 7. The standard InChI is InChI=1S/C24H25NO/c25-16-21-15-23(14-13-20-9-5-2-6-10-20)17-24(21,18-23)22(26)12-11-19-7-3-1-4-8-19/h1-10,21H,11-15,17-18H2. The van der Waals surface area contributed by atoms with Gasteiger partial charge in [-0.1, -0.05) is 60.7 Å². The third-order valence-corrected chi connectivity index (χ3v) is 6.67. The molecule has 2 aromatic carbocycles. The lowest BCUT2D eigenvalue weighted by atomic mass is 9.55. The van der Waals surface area contributed by atoms with Crippen molar-refractivity contribution in [1.29, 1.82) is 5.26 Å². The molecule has 0 N–H and O–H groups in total. The van der Waals surface area contributed by atoms with E-state index in [4.69, 9.17) is 0 Å². The Bertz CT molecular complexity index is 812. The van der Waals surface area contributed by atoms with Gasteiger partial charge in [-0.2, -0.15) is 5.26 Å². The summed E-state index contributed by atoms with van der Waals surface area (Å²) in [6.45, 7) is 0. The van der Waals surface area contributed by atoms with Gasteiger partial charge in [0.2, 0.25) is 0 Å². The quantitative estimate of drug-likeness (QED) is 0.699. The molecule has 2 aromatic rings. The zero-order valence-corrected chi connectivity index (χ0v) is 15.2. The van der Waals surface area contributed by atoms with Crippen LogP contribution < -0.4 is 0 Å². The molecule has 26 heavy (non-hydrogen) atoms. The summed E-state index contributed by atoms with van der Waals surface area (Å²) in [5.41, 5.74) is 2.44. The van der Waals surface area contributed by atoms with Gasteiger partial charge in [0, 0.05) is 11.8 Å². The third-order valence-electron chi connectivity index (χ3n) is 6.67. The molecule has 1 unspecified atom stereocenters. The van der Waals surface area contributed by atoms with E-state index >= 15 is 0 Å². The molecular weight excluding hydrogens is 318 g/mol. The highest BCUT2D eigenvalue weighted by Crippen LogP contribution is 2.71. The molecule has 0 heterocycles. The lowest BCUT2D eigenvalue weighted by Gasteiger charge is -2.47. The van der Waals surface area contributed by atoms with Crippen molar-refractivity contribution in [2.45, 2.75) is 44.9 Å². The smallest absolute Gasteiger partial charge is 0.140 e. The topological polar surface area (TPSA) is 40.9 Å².